The number of nitrogens with two attached hydrogens (primary N) is 2. The van der Waals surface area contributed by atoms with Crippen LogP contribution in [0.4, 0.5) is 17.1 Å². The van der Waals surface area contributed by atoms with Crippen molar-refractivity contribution >= 4 is 39.7 Å². The van der Waals surface area contributed by atoms with E-state index in [-0.39, 0.29) is 0 Å². The van der Waals surface area contributed by atoms with Gasteiger partial charge < -0.3 is 17.2 Å². The van der Waals surface area contributed by atoms with Crippen LogP contribution >= 0.6 is 22.6 Å². The molecule has 14 heavy (non-hydrogen) atoms. The van der Waals surface area contributed by atoms with Crippen molar-refractivity contribution < 1.29 is 5.73 Å². The van der Waals surface area contributed by atoms with Crippen LogP contribution in [0.2, 0.25) is 0 Å². The van der Waals surface area contributed by atoms with Crippen molar-refractivity contribution in [3.8, 4) is 0 Å². The van der Waals surface area contributed by atoms with Crippen LogP contribution < -0.4 is 17.2 Å². The molecule has 78 valence electrons. The summed E-state index contributed by atoms with van der Waals surface area (Å²) in [6.07, 6.45) is 0. The Morgan fingerprint density at radius 1 is 1.21 bits per heavy atom. The van der Waals surface area contributed by atoms with Crippen molar-refractivity contribution in [1.82, 2.24) is 0 Å². The summed E-state index contributed by atoms with van der Waals surface area (Å²) in [5.74, 6) is 0.362. The van der Waals surface area contributed by atoms with E-state index in [1.54, 1.807) is 0 Å². The van der Waals surface area contributed by atoms with Gasteiger partial charge in [0.25, 0.3) is 0 Å². The molecule has 0 fully saturated rings. The Morgan fingerprint density at radius 2 is 1.71 bits per heavy atom. The average molecular weight is 306 g/mol. The molecule has 0 spiro atoms. The first-order chi connectivity index (χ1) is 6.37. The fourth-order valence-corrected chi connectivity index (χ4v) is 2.24. The van der Waals surface area contributed by atoms with Crippen LogP contribution in [-0.2, 0) is 0 Å². The lowest BCUT2D eigenvalue weighted by Crippen LogP contribution is -2.43. The molecule has 0 saturated carbocycles. The van der Waals surface area contributed by atoms with Gasteiger partial charge >= 0.3 is 0 Å². The number of nitrogen functional groups attached to an aromatic ring is 2. The number of benzene rings is 1. The van der Waals surface area contributed by atoms with Crippen molar-refractivity contribution in [2.75, 3.05) is 11.5 Å². The smallest absolute Gasteiger partial charge is 0.137 e. The second-order valence-electron chi connectivity index (χ2n) is 3.81. The molecule has 1 aromatic rings. The highest BCUT2D eigenvalue weighted by Crippen LogP contribution is 2.37. The fraction of sp³-hybridized carbons (Fsp3) is 0.400. The minimum atomic E-state index is 0.362. The molecule has 0 aliphatic rings. The lowest BCUT2D eigenvalue weighted by Gasteiger charge is -2.16. The molecule has 7 N–H and O–H groups in total. The summed E-state index contributed by atoms with van der Waals surface area (Å²) in [6, 6.07) is 0. The first kappa shape index (κ1) is 11.6. The van der Waals surface area contributed by atoms with Gasteiger partial charge in [0.05, 0.1) is 11.4 Å². The molecule has 0 unspecified atom stereocenters. The van der Waals surface area contributed by atoms with E-state index in [1.165, 1.54) is 0 Å². The predicted octanol–water partition coefficient (Wildman–Crippen LogP) is 1.76. The summed E-state index contributed by atoms with van der Waals surface area (Å²) in [5.41, 5.74) is 20.6. The summed E-state index contributed by atoms with van der Waals surface area (Å²) < 4.78 is 1.02. The van der Waals surface area contributed by atoms with Gasteiger partial charge in [-0.05, 0) is 35.4 Å². The zero-order valence-electron chi connectivity index (χ0n) is 8.82. The second kappa shape index (κ2) is 3.94. The van der Waals surface area contributed by atoms with Crippen LogP contribution in [0.3, 0.4) is 0 Å². The molecule has 0 saturated heterocycles. The highest BCUT2D eigenvalue weighted by Gasteiger charge is 2.19. The van der Waals surface area contributed by atoms with E-state index in [0.717, 1.165) is 20.4 Å². The predicted molar refractivity (Wildman–Crippen MR) is 69.4 cm³/mol. The van der Waals surface area contributed by atoms with E-state index < -0.39 is 0 Å². The molecular weight excluding hydrogens is 289 g/mol. The quantitative estimate of drug-likeness (QED) is 0.546. The van der Waals surface area contributed by atoms with Crippen LogP contribution in [0.5, 0.6) is 0 Å². The molecule has 0 atom stereocenters. The third-order valence-corrected chi connectivity index (χ3v) is 3.89. The van der Waals surface area contributed by atoms with Crippen LogP contribution in [-0.4, -0.2) is 0 Å². The molecule has 0 aromatic heterocycles. The maximum absolute atomic E-state index is 5.98. The number of halogens is 1. The van der Waals surface area contributed by atoms with Gasteiger partial charge in [-0.1, -0.05) is 13.8 Å². The Hall–Kier alpha value is -0.490. The summed E-state index contributed by atoms with van der Waals surface area (Å²) in [4.78, 5) is 0. The number of rotatable bonds is 1. The normalized spacial score (nSPS) is 11.0. The second-order valence-corrected chi connectivity index (χ2v) is 4.89. The van der Waals surface area contributed by atoms with Gasteiger partial charge in [0.15, 0.2) is 0 Å². The van der Waals surface area contributed by atoms with Crippen LogP contribution in [0.25, 0.3) is 0 Å². The number of hydrogen-bond donors (Lipinski definition) is 3. The molecule has 4 heteroatoms. The standard InChI is InChI=1S/C10H16IN3/c1-4(2)6-8(12)5(3)7(11)10(14)9(6)13/h4H,12-14H2,1-3H3/p+1. The zero-order chi connectivity index (χ0) is 11.0. The van der Waals surface area contributed by atoms with Gasteiger partial charge in [-0.15, -0.1) is 0 Å². The summed E-state index contributed by atoms with van der Waals surface area (Å²) in [7, 11) is 0. The van der Waals surface area contributed by atoms with Gasteiger partial charge in [0.2, 0.25) is 0 Å². The molecule has 1 aromatic carbocycles. The van der Waals surface area contributed by atoms with Crippen molar-refractivity contribution in [2.24, 2.45) is 0 Å². The van der Waals surface area contributed by atoms with E-state index in [0.29, 0.717) is 17.3 Å². The van der Waals surface area contributed by atoms with Gasteiger partial charge in [-0.3, -0.25) is 0 Å². The Balaban J connectivity index is 3.60. The largest absolute Gasteiger partial charge is 0.397 e. The van der Waals surface area contributed by atoms with Gasteiger partial charge in [0.1, 0.15) is 5.69 Å². The molecule has 0 aliphatic carbocycles. The Kier molecular flexibility index (Phi) is 3.26. The molecule has 3 nitrogen and oxygen atoms in total. The lowest BCUT2D eigenvalue weighted by atomic mass is 9.95. The van der Waals surface area contributed by atoms with Gasteiger partial charge in [-0.2, -0.15) is 0 Å². The van der Waals surface area contributed by atoms with Gasteiger partial charge in [-0.25, -0.2) is 0 Å². The topological polar surface area (TPSA) is 79.7 Å². The maximum Gasteiger partial charge on any atom is 0.137 e. The monoisotopic (exact) mass is 306 g/mol. The summed E-state index contributed by atoms with van der Waals surface area (Å²) in [5, 5.41) is 0. The van der Waals surface area contributed by atoms with E-state index in [4.69, 9.17) is 11.5 Å². The highest BCUT2D eigenvalue weighted by atomic mass is 127. The van der Waals surface area contributed by atoms with Crippen molar-refractivity contribution in [3.63, 3.8) is 0 Å². The summed E-state index contributed by atoms with van der Waals surface area (Å²) in [6.45, 7) is 6.24. The van der Waals surface area contributed by atoms with Gasteiger partial charge in [0, 0.05) is 14.7 Å². The van der Waals surface area contributed by atoms with E-state index >= 15 is 0 Å². The zero-order valence-corrected chi connectivity index (χ0v) is 11.0. The molecule has 1 rings (SSSR count). The first-order valence-corrected chi connectivity index (χ1v) is 5.64. The molecule has 0 amide bonds. The fourth-order valence-electron chi connectivity index (χ4n) is 1.62. The third-order valence-electron chi connectivity index (χ3n) is 2.50. The van der Waals surface area contributed by atoms with Crippen molar-refractivity contribution in [3.05, 3.63) is 14.7 Å². The number of anilines is 2. The molecule has 0 heterocycles. The molecule has 0 bridgehead atoms. The Morgan fingerprint density at radius 3 is 2.14 bits per heavy atom. The first-order valence-electron chi connectivity index (χ1n) is 4.56. The van der Waals surface area contributed by atoms with Crippen LogP contribution in [0.1, 0.15) is 30.9 Å². The minimum absolute atomic E-state index is 0.362. The van der Waals surface area contributed by atoms with E-state index in [2.05, 4.69) is 42.2 Å². The highest BCUT2D eigenvalue weighted by molar-refractivity contribution is 14.1. The van der Waals surface area contributed by atoms with E-state index in [1.807, 2.05) is 6.92 Å². The molecular formula is C10H17IN3+. The third kappa shape index (κ3) is 1.68. The van der Waals surface area contributed by atoms with Crippen molar-refractivity contribution in [2.45, 2.75) is 26.7 Å². The Bertz CT molecular complexity index is 343. The number of quaternary nitrogens is 1. The SMILES string of the molecule is Cc1c([NH3+])c(C(C)C)c(N)c(N)c1I. The Labute approximate surface area is 98.2 Å². The van der Waals surface area contributed by atoms with E-state index in [9.17, 15) is 0 Å². The molecule has 0 aliphatic heterocycles. The molecule has 0 radical (unpaired) electrons. The summed E-state index contributed by atoms with van der Waals surface area (Å²) >= 11 is 2.22. The maximum atomic E-state index is 5.98. The van der Waals surface area contributed by atoms with Crippen molar-refractivity contribution in [1.29, 1.82) is 0 Å². The lowest BCUT2D eigenvalue weighted by molar-refractivity contribution is -0.256. The number of hydrogen-bond acceptors (Lipinski definition) is 2. The van der Waals surface area contributed by atoms with Crippen LogP contribution in [0.15, 0.2) is 0 Å². The van der Waals surface area contributed by atoms with Crippen LogP contribution in [0, 0.1) is 10.5 Å². The minimum Gasteiger partial charge on any atom is -0.397 e. The average Bonchev–Trinajstić information content (AvgIpc) is 2.11.